The van der Waals surface area contributed by atoms with E-state index in [9.17, 15) is 9.60 Å². The van der Waals surface area contributed by atoms with E-state index in [1.807, 2.05) is 13.8 Å². The van der Waals surface area contributed by atoms with Gasteiger partial charge in [-0.2, -0.15) is 4.73 Å². The molecule has 0 saturated heterocycles. The quantitative estimate of drug-likeness (QED) is 0.408. The summed E-state index contributed by atoms with van der Waals surface area (Å²) >= 11 is 7.06. The third-order valence-electron chi connectivity index (χ3n) is 3.17. The second-order valence-electron chi connectivity index (χ2n) is 4.91. The van der Waals surface area contributed by atoms with Crippen LogP contribution in [0, 0.1) is 11.0 Å². The Morgan fingerprint density at radius 3 is 2.90 bits per heavy atom. The molecule has 7 heteroatoms. The number of thiophene rings is 1. The molecule has 3 rings (SSSR count). The van der Waals surface area contributed by atoms with E-state index in [4.69, 9.17) is 11.6 Å². The van der Waals surface area contributed by atoms with E-state index < -0.39 is 5.82 Å². The molecule has 3 heterocycles. The highest BCUT2D eigenvalue weighted by Gasteiger charge is 2.19. The first-order valence-corrected chi connectivity index (χ1v) is 7.51. The number of hydrogen-bond acceptors (Lipinski definition) is 4. The summed E-state index contributed by atoms with van der Waals surface area (Å²) < 4.78 is 15.5. The summed E-state index contributed by atoms with van der Waals surface area (Å²) in [4.78, 5) is 8.08. The first-order chi connectivity index (χ1) is 9.97. The van der Waals surface area contributed by atoms with Crippen LogP contribution in [0.15, 0.2) is 24.5 Å². The molecule has 0 N–H and O–H groups in total. The van der Waals surface area contributed by atoms with Crippen molar-refractivity contribution in [1.82, 2.24) is 9.97 Å². The summed E-state index contributed by atoms with van der Waals surface area (Å²) in [6, 6.07) is 3.43. The fourth-order valence-corrected chi connectivity index (χ4v) is 3.58. The molecule has 0 saturated carbocycles. The average molecular weight is 324 g/mol. The predicted molar refractivity (Wildman–Crippen MR) is 80.9 cm³/mol. The van der Waals surface area contributed by atoms with Gasteiger partial charge >= 0.3 is 0 Å². The van der Waals surface area contributed by atoms with Gasteiger partial charge in [-0.25, -0.2) is 14.4 Å². The molecule has 0 spiro atoms. The topological polar surface area (TPSA) is 52.7 Å². The monoisotopic (exact) mass is 323 g/mol. The maximum absolute atomic E-state index is 13.9. The van der Waals surface area contributed by atoms with Crippen molar-refractivity contribution in [3.8, 4) is 10.6 Å². The second kappa shape index (κ2) is 5.20. The van der Waals surface area contributed by atoms with E-state index >= 15 is 0 Å². The minimum atomic E-state index is -0.561. The molecule has 0 atom stereocenters. The minimum Gasteiger partial charge on any atom is -0.618 e. The van der Waals surface area contributed by atoms with E-state index in [2.05, 4.69) is 9.97 Å². The van der Waals surface area contributed by atoms with Crippen LogP contribution >= 0.6 is 22.9 Å². The number of aromatic nitrogens is 3. The first kappa shape index (κ1) is 14.2. The number of nitrogens with zero attached hydrogens (tertiary/aromatic N) is 3. The highest BCUT2D eigenvalue weighted by atomic mass is 35.5. The first-order valence-electron chi connectivity index (χ1n) is 6.31. The molecule has 0 aliphatic heterocycles. The van der Waals surface area contributed by atoms with Crippen LogP contribution in [0.3, 0.4) is 0 Å². The Morgan fingerprint density at radius 2 is 2.19 bits per heavy atom. The summed E-state index contributed by atoms with van der Waals surface area (Å²) in [5.41, 5.74) is 1.68. The lowest BCUT2D eigenvalue weighted by Crippen LogP contribution is -2.25. The van der Waals surface area contributed by atoms with Crippen molar-refractivity contribution in [2.45, 2.75) is 19.8 Å². The van der Waals surface area contributed by atoms with Gasteiger partial charge in [0.25, 0.3) is 0 Å². The Morgan fingerprint density at radius 1 is 1.43 bits per heavy atom. The van der Waals surface area contributed by atoms with Gasteiger partial charge in [-0.05, 0) is 23.1 Å². The molecule has 0 aromatic carbocycles. The molecular weight excluding hydrogens is 313 g/mol. The molecule has 0 fully saturated rings. The van der Waals surface area contributed by atoms with E-state index in [1.165, 1.54) is 17.5 Å². The summed E-state index contributed by atoms with van der Waals surface area (Å²) in [5.74, 6) is -0.298. The summed E-state index contributed by atoms with van der Waals surface area (Å²) in [6.07, 6.45) is 2.50. The molecule has 21 heavy (non-hydrogen) atoms. The molecule has 0 aliphatic carbocycles. The Labute approximate surface area is 129 Å². The highest BCUT2D eigenvalue weighted by molar-refractivity contribution is 7.22. The molecule has 3 aromatic heterocycles. The maximum Gasteiger partial charge on any atom is 0.235 e. The lowest BCUT2D eigenvalue weighted by atomic mass is 10.0. The third kappa shape index (κ3) is 2.45. The van der Waals surface area contributed by atoms with Gasteiger partial charge in [0.15, 0.2) is 12.0 Å². The van der Waals surface area contributed by atoms with Crippen LogP contribution in [0.1, 0.15) is 25.3 Å². The Kier molecular flexibility index (Phi) is 3.51. The van der Waals surface area contributed by atoms with Gasteiger partial charge in [0, 0.05) is 12.1 Å². The lowest BCUT2D eigenvalue weighted by molar-refractivity contribution is -0.576. The predicted octanol–water partition coefficient (Wildman–Crippen LogP) is 3.91. The standard InChI is InChI=1S/C14H11ClFN3OS/c1-7(2)8-3-4-19(20)10-5-11(21-13(8)10)12-9(16)6-17-14(15)18-12/h3-7H,1-2H3. The molecule has 4 nitrogen and oxygen atoms in total. The fraction of sp³-hybridized carbons (Fsp3) is 0.214. The van der Waals surface area contributed by atoms with E-state index in [-0.39, 0.29) is 16.9 Å². The van der Waals surface area contributed by atoms with Gasteiger partial charge in [-0.15, -0.1) is 11.3 Å². The number of halogens is 2. The van der Waals surface area contributed by atoms with Gasteiger partial charge < -0.3 is 5.21 Å². The molecule has 0 bridgehead atoms. The normalized spacial score (nSPS) is 11.5. The summed E-state index contributed by atoms with van der Waals surface area (Å²) in [7, 11) is 0. The summed E-state index contributed by atoms with van der Waals surface area (Å²) in [6.45, 7) is 4.09. The molecule has 108 valence electrons. The van der Waals surface area contributed by atoms with Crippen LogP contribution in [0.2, 0.25) is 5.28 Å². The molecule has 0 amide bonds. The van der Waals surface area contributed by atoms with Crippen molar-refractivity contribution in [3.05, 3.63) is 46.4 Å². The van der Waals surface area contributed by atoms with Crippen LogP contribution in [0.25, 0.3) is 20.8 Å². The van der Waals surface area contributed by atoms with E-state index in [0.29, 0.717) is 10.4 Å². The minimum absolute atomic E-state index is 0.0251. The maximum atomic E-state index is 13.9. The average Bonchev–Trinajstić information content (AvgIpc) is 2.87. The zero-order valence-electron chi connectivity index (χ0n) is 11.3. The Bertz CT molecular complexity index is 834. The number of rotatable bonds is 2. The largest absolute Gasteiger partial charge is 0.618 e. The van der Waals surface area contributed by atoms with Crippen molar-refractivity contribution in [3.63, 3.8) is 0 Å². The second-order valence-corrected chi connectivity index (χ2v) is 6.30. The van der Waals surface area contributed by atoms with Gasteiger partial charge in [-0.3, -0.25) is 0 Å². The smallest absolute Gasteiger partial charge is 0.235 e. The van der Waals surface area contributed by atoms with Crippen LogP contribution in [0.5, 0.6) is 0 Å². The molecule has 0 aliphatic rings. The van der Waals surface area contributed by atoms with Crippen molar-refractivity contribution in [2.75, 3.05) is 0 Å². The Hall–Kier alpha value is -1.79. The SMILES string of the molecule is CC(C)c1cc[n+]([O-])c2cc(-c3nc(Cl)ncc3F)sc12. The summed E-state index contributed by atoms with van der Waals surface area (Å²) in [5, 5.41) is 11.9. The van der Waals surface area contributed by atoms with Gasteiger partial charge in [0.05, 0.1) is 11.1 Å². The van der Waals surface area contributed by atoms with Gasteiger partial charge in [0.2, 0.25) is 10.8 Å². The number of fused-ring (bicyclic) bond motifs is 1. The number of pyridine rings is 1. The van der Waals surface area contributed by atoms with Crippen LogP contribution in [-0.4, -0.2) is 9.97 Å². The van der Waals surface area contributed by atoms with Gasteiger partial charge in [0.1, 0.15) is 10.4 Å². The third-order valence-corrected chi connectivity index (χ3v) is 4.53. The van der Waals surface area contributed by atoms with Crippen molar-refractivity contribution >= 4 is 33.2 Å². The zero-order valence-corrected chi connectivity index (χ0v) is 12.9. The van der Waals surface area contributed by atoms with E-state index in [1.54, 1.807) is 12.1 Å². The van der Waals surface area contributed by atoms with Crippen LogP contribution < -0.4 is 4.73 Å². The van der Waals surface area contributed by atoms with Crippen LogP contribution in [0.4, 0.5) is 4.39 Å². The van der Waals surface area contributed by atoms with Crippen LogP contribution in [-0.2, 0) is 0 Å². The van der Waals surface area contributed by atoms with E-state index in [0.717, 1.165) is 21.2 Å². The van der Waals surface area contributed by atoms with Gasteiger partial charge in [-0.1, -0.05) is 13.8 Å². The molecule has 3 aromatic rings. The Balaban J connectivity index is 2.28. The van der Waals surface area contributed by atoms with Crippen molar-refractivity contribution in [1.29, 1.82) is 0 Å². The van der Waals surface area contributed by atoms with Crippen molar-refractivity contribution < 1.29 is 9.12 Å². The zero-order chi connectivity index (χ0) is 15.1. The molecule has 0 radical (unpaired) electrons. The fourth-order valence-electron chi connectivity index (χ4n) is 2.15. The molecule has 0 unspecified atom stereocenters. The molecular formula is C14H11ClFN3OS. The van der Waals surface area contributed by atoms with Crippen molar-refractivity contribution in [2.24, 2.45) is 0 Å². The number of hydrogen-bond donors (Lipinski definition) is 0. The highest BCUT2D eigenvalue weighted by Crippen LogP contribution is 2.36. The lowest BCUT2D eigenvalue weighted by Gasteiger charge is -2.06.